The van der Waals surface area contributed by atoms with Gasteiger partial charge in [0.25, 0.3) is 0 Å². The third-order valence-electron chi connectivity index (χ3n) is 3.29. The van der Waals surface area contributed by atoms with Gasteiger partial charge < -0.3 is 5.73 Å². The average Bonchev–Trinajstić information content (AvgIpc) is 2.34. The second-order valence-corrected chi connectivity index (χ2v) is 4.54. The van der Waals surface area contributed by atoms with Crippen LogP contribution in [0.4, 0.5) is 0 Å². The Bertz CT molecular complexity index is 267. The Morgan fingerprint density at radius 1 is 1.25 bits per heavy atom. The summed E-state index contributed by atoms with van der Waals surface area (Å²) >= 11 is 0. The van der Waals surface area contributed by atoms with E-state index in [0.29, 0.717) is 6.04 Å². The van der Waals surface area contributed by atoms with Gasteiger partial charge in [0, 0.05) is 17.9 Å². The molecule has 0 saturated carbocycles. The third kappa shape index (κ3) is 4.75. The van der Waals surface area contributed by atoms with Crippen molar-refractivity contribution in [2.24, 2.45) is 11.7 Å². The highest BCUT2D eigenvalue weighted by atomic mass is 14.7. The summed E-state index contributed by atoms with van der Waals surface area (Å²) < 4.78 is 0. The molecule has 1 unspecified atom stereocenters. The van der Waals surface area contributed by atoms with Gasteiger partial charge in [0.2, 0.25) is 0 Å². The van der Waals surface area contributed by atoms with E-state index in [2.05, 4.69) is 24.9 Å². The number of pyridine rings is 1. The van der Waals surface area contributed by atoms with Gasteiger partial charge in [-0.25, -0.2) is 0 Å². The van der Waals surface area contributed by atoms with E-state index >= 15 is 0 Å². The highest BCUT2D eigenvalue weighted by molar-refractivity contribution is 5.03. The lowest BCUT2D eigenvalue weighted by atomic mass is 9.93. The van der Waals surface area contributed by atoms with Crippen LogP contribution in [0.1, 0.15) is 45.2 Å². The molecule has 0 saturated heterocycles. The first-order valence-electron chi connectivity index (χ1n) is 6.41. The molecule has 2 heteroatoms. The molecule has 1 atom stereocenters. The van der Waals surface area contributed by atoms with Crippen molar-refractivity contribution in [3.63, 3.8) is 0 Å². The Balaban J connectivity index is 2.27. The smallest absolute Gasteiger partial charge is 0.0404 e. The third-order valence-corrected chi connectivity index (χ3v) is 3.29. The van der Waals surface area contributed by atoms with Crippen molar-refractivity contribution in [2.75, 3.05) is 0 Å². The van der Waals surface area contributed by atoms with E-state index in [1.165, 1.54) is 12.8 Å². The fourth-order valence-corrected chi connectivity index (χ4v) is 2.05. The van der Waals surface area contributed by atoms with Crippen LogP contribution in [-0.4, -0.2) is 11.0 Å². The second-order valence-electron chi connectivity index (χ2n) is 4.54. The number of aryl methyl sites for hydroxylation is 1. The molecular formula is C14H24N2. The molecule has 0 spiro atoms. The highest BCUT2D eigenvalue weighted by Crippen LogP contribution is 2.16. The van der Waals surface area contributed by atoms with Crippen LogP contribution in [0.2, 0.25) is 0 Å². The fourth-order valence-electron chi connectivity index (χ4n) is 2.05. The standard InChI is InChI=1S/C14H24N2/c1-3-12(4-2)11-13(15)8-9-14-7-5-6-10-16-14/h5-7,10,12-13H,3-4,8-9,11,15H2,1-2H3. The number of nitrogens with zero attached hydrogens (tertiary/aromatic N) is 1. The van der Waals surface area contributed by atoms with Crippen LogP contribution in [0.25, 0.3) is 0 Å². The Hall–Kier alpha value is -0.890. The number of aromatic nitrogens is 1. The lowest BCUT2D eigenvalue weighted by Crippen LogP contribution is -2.24. The molecule has 0 aliphatic rings. The van der Waals surface area contributed by atoms with Crippen LogP contribution in [0.5, 0.6) is 0 Å². The van der Waals surface area contributed by atoms with Crippen LogP contribution in [0, 0.1) is 5.92 Å². The number of hydrogen-bond donors (Lipinski definition) is 1. The van der Waals surface area contributed by atoms with Crippen molar-refractivity contribution in [2.45, 2.75) is 52.0 Å². The van der Waals surface area contributed by atoms with Gasteiger partial charge in [-0.3, -0.25) is 4.98 Å². The molecule has 1 aromatic heterocycles. The summed E-state index contributed by atoms with van der Waals surface area (Å²) in [6.45, 7) is 4.50. The van der Waals surface area contributed by atoms with Crippen LogP contribution >= 0.6 is 0 Å². The number of rotatable bonds is 7. The zero-order valence-electron chi connectivity index (χ0n) is 10.5. The number of nitrogens with two attached hydrogens (primary N) is 1. The minimum atomic E-state index is 0.326. The molecule has 90 valence electrons. The zero-order valence-corrected chi connectivity index (χ0v) is 10.5. The zero-order chi connectivity index (χ0) is 11.8. The number of hydrogen-bond acceptors (Lipinski definition) is 2. The second kappa shape index (κ2) is 7.39. The van der Waals surface area contributed by atoms with E-state index in [-0.39, 0.29) is 0 Å². The maximum Gasteiger partial charge on any atom is 0.0404 e. The van der Waals surface area contributed by atoms with E-state index in [1.807, 2.05) is 18.3 Å². The molecule has 0 aliphatic carbocycles. The lowest BCUT2D eigenvalue weighted by Gasteiger charge is -2.17. The van der Waals surface area contributed by atoms with Gasteiger partial charge in [-0.05, 0) is 37.3 Å². The first-order valence-corrected chi connectivity index (χ1v) is 6.41. The molecule has 0 amide bonds. The van der Waals surface area contributed by atoms with Crippen molar-refractivity contribution in [1.82, 2.24) is 4.98 Å². The molecule has 0 fully saturated rings. The Kier molecular flexibility index (Phi) is 6.09. The molecular weight excluding hydrogens is 196 g/mol. The van der Waals surface area contributed by atoms with E-state index in [1.54, 1.807) is 0 Å². The molecule has 1 rings (SSSR count). The molecule has 16 heavy (non-hydrogen) atoms. The topological polar surface area (TPSA) is 38.9 Å². The van der Waals surface area contributed by atoms with Crippen molar-refractivity contribution in [1.29, 1.82) is 0 Å². The first kappa shape index (κ1) is 13.2. The van der Waals surface area contributed by atoms with E-state index in [4.69, 9.17) is 5.73 Å². The monoisotopic (exact) mass is 220 g/mol. The Morgan fingerprint density at radius 2 is 2.00 bits per heavy atom. The molecule has 0 radical (unpaired) electrons. The van der Waals surface area contributed by atoms with Gasteiger partial charge >= 0.3 is 0 Å². The van der Waals surface area contributed by atoms with Crippen LogP contribution < -0.4 is 5.73 Å². The van der Waals surface area contributed by atoms with Crippen molar-refractivity contribution < 1.29 is 0 Å². The summed E-state index contributed by atoms with van der Waals surface area (Å²) in [6, 6.07) is 6.39. The maximum atomic E-state index is 6.15. The predicted molar refractivity (Wildman–Crippen MR) is 69.2 cm³/mol. The van der Waals surface area contributed by atoms with E-state index in [9.17, 15) is 0 Å². The van der Waals surface area contributed by atoms with Gasteiger partial charge in [-0.15, -0.1) is 0 Å². The average molecular weight is 220 g/mol. The lowest BCUT2D eigenvalue weighted by molar-refractivity contribution is 0.396. The summed E-state index contributed by atoms with van der Waals surface area (Å²) in [5.41, 5.74) is 7.30. The molecule has 0 aromatic carbocycles. The molecule has 1 heterocycles. The Labute approximate surface area is 99.3 Å². The minimum Gasteiger partial charge on any atom is -0.328 e. The maximum absolute atomic E-state index is 6.15. The highest BCUT2D eigenvalue weighted by Gasteiger charge is 2.10. The largest absolute Gasteiger partial charge is 0.328 e. The van der Waals surface area contributed by atoms with Crippen LogP contribution in [0.15, 0.2) is 24.4 Å². The predicted octanol–water partition coefficient (Wildman–Crippen LogP) is 3.17. The fraction of sp³-hybridized carbons (Fsp3) is 0.643. The van der Waals surface area contributed by atoms with Gasteiger partial charge in [-0.2, -0.15) is 0 Å². The minimum absolute atomic E-state index is 0.326. The molecule has 1 aromatic rings. The van der Waals surface area contributed by atoms with Crippen LogP contribution in [0.3, 0.4) is 0 Å². The van der Waals surface area contributed by atoms with E-state index < -0.39 is 0 Å². The van der Waals surface area contributed by atoms with Gasteiger partial charge in [0.15, 0.2) is 0 Å². The van der Waals surface area contributed by atoms with Crippen molar-refractivity contribution >= 4 is 0 Å². The quantitative estimate of drug-likeness (QED) is 0.766. The van der Waals surface area contributed by atoms with Gasteiger partial charge in [0.1, 0.15) is 0 Å². The molecule has 2 N–H and O–H groups in total. The van der Waals surface area contributed by atoms with Gasteiger partial charge in [0.05, 0.1) is 0 Å². The summed E-state index contributed by atoms with van der Waals surface area (Å²) in [5, 5.41) is 0. The SMILES string of the molecule is CCC(CC)CC(N)CCc1ccccn1. The van der Waals surface area contributed by atoms with E-state index in [0.717, 1.165) is 30.9 Å². The van der Waals surface area contributed by atoms with Crippen molar-refractivity contribution in [3.8, 4) is 0 Å². The van der Waals surface area contributed by atoms with Gasteiger partial charge in [-0.1, -0.05) is 32.8 Å². The molecule has 0 aliphatic heterocycles. The first-order chi connectivity index (χ1) is 7.76. The Morgan fingerprint density at radius 3 is 2.56 bits per heavy atom. The molecule has 0 bridgehead atoms. The summed E-state index contributed by atoms with van der Waals surface area (Å²) in [6.07, 6.45) is 7.54. The van der Waals surface area contributed by atoms with Crippen molar-refractivity contribution in [3.05, 3.63) is 30.1 Å². The summed E-state index contributed by atoms with van der Waals surface area (Å²) in [4.78, 5) is 4.31. The van der Waals surface area contributed by atoms with Crippen LogP contribution in [-0.2, 0) is 6.42 Å². The summed E-state index contributed by atoms with van der Waals surface area (Å²) in [5.74, 6) is 0.790. The summed E-state index contributed by atoms with van der Waals surface area (Å²) in [7, 11) is 0. The normalized spacial score (nSPS) is 13.0. The molecule has 2 nitrogen and oxygen atoms in total.